The minimum Gasteiger partial charge on any atom is -0.383 e. The number of likely N-dealkylation sites (tertiary alicyclic amines) is 1. The zero-order chi connectivity index (χ0) is 18.8. The summed E-state index contributed by atoms with van der Waals surface area (Å²) in [5, 5.41) is 0. The molecule has 7 nitrogen and oxygen atoms in total. The van der Waals surface area contributed by atoms with Crippen LogP contribution in [0.3, 0.4) is 0 Å². The minimum atomic E-state index is -0.00204. The van der Waals surface area contributed by atoms with Gasteiger partial charge in [0.15, 0.2) is 0 Å². The Morgan fingerprint density at radius 2 is 2.26 bits per heavy atom. The SMILES string of the molecule is COCCn1ccnc1[C@H]1CCCN(C(=O)c2cn3c(C)cccc3n2)C1. The van der Waals surface area contributed by atoms with Crippen molar-refractivity contribution in [2.24, 2.45) is 0 Å². The summed E-state index contributed by atoms with van der Waals surface area (Å²) in [6.07, 6.45) is 7.67. The molecule has 0 aromatic carbocycles. The quantitative estimate of drug-likeness (QED) is 0.695. The van der Waals surface area contributed by atoms with Crippen LogP contribution >= 0.6 is 0 Å². The van der Waals surface area contributed by atoms with Crippen LogP contribution in [0.4, 0.5) is 0 Å². The maximum absolute atomic E-state index is 13.1. The van der Waals surface area contributed by atoms with Gasteiger partial charge in [0.2, 0.25) is 0 Å². The fourth-order valence-corrected chi connectivity index (χ4v) is 3.85. The number of fused-ring (bicyclic) bond motifs is 1. The fourth-order valence-electron chi connectivity index (χ4n) is 3.85. The van der Waals surface area contributed by atoms with Crippen LogP contribution in [0.1, 0.15) is 40.8 Å². The van der Waals surface area contributed by atoms with Gasteiger partial charge >= 0.3 is 0 Å². The van der Waals surface area contributed by atoms with Crippen LogP contribution in [-0.4, -0.2) is 56.5 Å². The molecule has 0 aliphatic carbocycles. The predicted molar refractivity (Wildman–Crippen MR) is 102 cm³/mol. The van der Waals surface area contributed by atoms with Crippen molar-refractivity contribution in [3.05, 3.63) is 54.0 Å². The van der Waals surface area contributed by atoms with Crippen molar-refractivity contribution in [1.29, 1.82) is 0 Å². The number of pyridine rings is 1. The number of hydrogen-bond donors (Lipinski definition) is 0. The van der Waals surface area contributed by atoms with E-state index in [1.807, 2.05) is 53.0 Å². The van der Waals surface area contributed by atoms with Gasteiger partial charge < -0.3 is 18.6 Å². The number of ether oxygens (including phenoxy) is 1. The van der Waals surface area contributed by atoms with E-state index >= 15 is 0 Å². The van der Waals surface area contributed by atoms with Gasteiger partial charge in [-0.2, -0.15) is 0 Å². The first-order valence-corrected chi connectivity index (χ1v) is 9.41. The highest BCUT2D eigenvalue weighted by Crippen LogP contribution is 2.27. The van der Waals surface area contributed by atoms with Gasteiger partial charge in [-0.15, -0.1) is 0 Å². The number of methoxy groups -OCH3 is 1. The molecule has 0 saturated carbocycles. The number of amides is 1. The molecule has 7 heteroatoms. The number of imidazole rings is 2. The summed E-state index contributed by atoms with van der Waals surface area (Å²) in [6.45, 7) is 4.89. The van der Waals surface area contributed by atoms with Crippen LogP contribution in [0, 0.1) is 6.92 Å². The van der Waals surface area contributed by atoms with Crippen molar-refractivity contribution in [2.75, 3.05) is 26.8 Å². The smallest absolute Gasteiger partial charge is 0.274 e. The van der Waals surface area contributed by atoms with Crippen LogP contribution in [0.15, 0.2) is 36.8 Å². The molecule has 1 aliphatic rings. The topological polar surface area (TPSA) is 64.7 Å². The van der Waals surface area contributed by atoms with Crippen LogP contribution < -0.4 is 0 Å². The number of carbonyl (C=O) groups excluding carboxylic acids is 1. The lowest BCUT2D eigenvalue weighted by atomic mass is 9.97. The molecule has 1 amide bonds. The number of aryl methyl sites for hydroxylation is 1. The van der Waals surface area contributed by atoms with E-state index in [-0.39, 0.29) is 11.8 Å². The second kappa shape index (κ2) is 7.52. The van der Waals surface area contributed by atoms with Gasteiger partial charge in [0.1, 0.15) is 17.2 Å². The molecule has 3 aromatic rings. The van der Waals surface area contributed by atoms with E-state index in [1.54, 1.807) is 7.11 Å². The summed E-state index contributed by atoms with van der Waals surface area (Å²) in [5.74, 6) is 1.28. The molecule has 0 unspecified atom stereocenters. The molecular weight excluding hydrogens is 342 g/mol. The summed E-state index contributed by atoms with van der Waals surface area (Å²) in [5.41, 5.74) is 2.38. The van der Waals surface area contributed by atoms with E-state index < -0.39 is 0 Å². The Labute approximate surface area is 158 Å². The van der Waals surface area contributed by atoms with Gasteiger partial charge in [0, 0.05) is 56.9 Å². The molecule has 0 radical (unpaired) electrons. The predicted octanol–water partition coefficient (Wildman–Crippen LogP) is 2.51. The van der Waals surface area contributed by atoms with Gasteiger partial charge in [0.25, 0.3) is 5.91 Å². The molecule has 1 aliphatic heterocycles. The zero-order valence-corrected chi connectivity index (χ0v) is 15.8. The molecule has 0 spiro atoms. The van der Waals surface area contributed by atoms with Gasteiger partial charge in [-0.3, -0.25) is 4.79 Å². The Bertz CT molecular complexity index is 945. The van der Waals surface area contributed by atoms with Crippen LogP contribution in [0.2, 0.25) is 0 Å². The van der Waals surface area contributed by atoms with Gasteiger partial charge in [-0.05, 0) is 31.9 Å². The van der Waals surface area contributed by atoms with Gasteiger partial charge in [0.05, 0.1) is 6.61 Å². The molecule has 3 aromatic heterocycles. The third-order valence-electron chi connectivity index (χ3n) is 5.27. The summed E-state index contributed by atoms with van der Waals surface area (Å²) >= 11 is 0. The van der Waals surface area contributed by atoms with E-state index in [4.69, 9.17) is 4.74 Å². The number of carbonyl (C=O) groups is 1. The molecule has 142 valence electrons. The second-order valence-electron chi connectivity index (χ2n) is 7.08. The maximum Gasteiger partial charge on any atom is 0.274 e. The van der Waals surface area contributed by atoms with E-state index in [2.05, 4.69) is 14.5 Å². The average Bonchev–Trinajstić information content (AvgIpc) is 3.33. The largest absolute Gasteiger partial charge is 0.383 e. The summed E-state index contributed by atoms with van der Waals surface area (Å²) in [6, 6.07) is 5.90. The summed E-state index contributed by atoms with van der Waals surface area (Å²) in [4.78, 5) is 24.1. The highest BCUT2D eigenvalue weighted by Gasteiger charge is 2.29. The lowest BCUT2D eigenvalue weighted by molar-refractivity contribution is 0.0697. The van der Waals surface area contributed by atoms with Gasteiger partial charge in [-0.25, -0.2) is 9.97 Å². The Balaban J connectivity index is 1.53. The zero-order valence-electron chi connectivity index (χ0n) is 15.8. The Hall–Kier alpha value is -2.67. The van der Waals surface area contributed by atoms with Crippen LogP contribution in [0.5, 0.6) is 0 Å². The normalized spacial score (nSPS) is 17.6. The molecule has 27 heavy (non-hydrogen) atoms. The summed E-state index contributed by atoms with van der Waals surface area (Å²) in [7, 11) is 1.70. The minimum absolute atomic E-state index is 0.00204. The van der Waals surface area contributed by atoms with Crippen molar-refractivity contribution in [3.8, 4) is 0 Å². The van der Waals surface area contributed by atoms with E-state index in [9.17, 15) is 4.79 Å². The molecule has 1 saturated heterocycles. The number of aromatic nitrogens is 4. The first-order valence-electron chi connectivity index (χ1n) is 9.41. The molecule has 1 fully saturated rings. The molecule has 4 heterocycles. The van der Waals surface area contributed by atoms with Crippen molar-refractivity contribution >= 4 is 11.6 Å². The first kappa shape index (κ1) is 17.7. The fraction of sp³-hybridized carbons (Fsp3) is 0.450. The molecular formula is C20H25N5O2. The van der Waals surface area contributed by atoms with Crippen molar-refractivity contribution in [3.63, 3.8) is 0 Å². The highest BCUT2D eigenvalue weighted by molar-refractivity contribution is 5.93. The standard InChI is InChI=1S/C20H25N5O2/c1-15-5-3-7-18-22-17(14-25(15)18)20(26)24-9-4-6-16(13-24)19-21-8-10-23(19)11-12-27-2/h3,5,7-8,10,14,16H,4,6,9,11-13H2,1-2H3/t16-/m0/s1. The van der Waals surface area contributed by atoms with Crippen molar-refractivity contribution < 1.29 is 9.53 Å². The third kappa shape index (κ3) is 3.47. The highest BCUT2D eigenvalue weighted by atomic mass is 16.5. The monoisotopic (exact) mass is 367 g/mol. The Kier molecular flexibility index (Phi) is 4.94. The Morgan fingerprint density at radius 3 is 3.07 bits per heavy atom. The average molecular weight is 367 g/mol. The first-order chi connectivity index (χ1) is 13.2. The molecule has 4 rings (SSSR count). The molecule has 1 atom stereocenters. The number of nitrogens with zero attached hydrogens (tertiary/aromatic N) is 5. The van der Waals surface area contributed by atoms with Crippen molar-refractivity contribution in [2.45, 2.75) is 32.2 Å². The van der Waals surface area contributed by atoms with Crippen molar-refractivity contribution in [1.82, 2.24) is 23.8 Å². The lowest BCUT2D eigenvalue weighted by Gasteiger charge is -2.32. The Morgan fingerprint density at radius 1 is 1.37 bits per heavy atom. The van der Waals surface area contributed by atoms with E-state index in [0.717, 1.165) is 43.1 Å². The maximum atomic E-state index is 13.1. The third-order valence-corrected chi connectivity index (χ3v) is 5.27. The van der Waals surface area contributed by atoms with E-state index in [0.29, 0.717) is 18.8 Å². The number of hydrogen-bond acceptors (Lipinski definition) is 4. The summed E-state index contributed by atoms with van der Waals surface area (Å²) < 4.78 is 9.29. The molecule has 0 bridgehead atoms. The number of rotatable bonds is 5. The number of piperidine rings is 1. The van der Waals surface area contributed by atoms with Gasteiger partial charge in [-0.1, -0.05) is 6.07 Å². The van der Waals surface area contributed by atoms with Crippen LogP contribution in [-0.2, 0) is 11.3 Å². The lowest BCUT2D eigenvalue weighted by Crippen LogP contribution is -2.40. The van der Waals surface area contributed by atoms with Crippen LogP contribution in [0.25, 0.3) is 5.65 Å². The van der Waals surface area contributed by atoms with E-state index in [1.165, 1.54) is 0 Å². The second-order valence-corrected chi connectivity index (χ2v) is 7.08. The molecule has 0 N–H and O–H groups in total.